The number of nitrogens with zero attached hydrogens (tertiary/aromatic N) is 3. The van der Waals surface area contributed by atoms with E-state index in [0.717, 1.165) is 6.07 Å². The van der Waals surface area contributed by atoms with Gasteiger partial charge in [0.05, 0.1) is 19.2 Å². The lowest BCUT2D eigenvalue weighted by molar-refractivity contribution is 0.102. The predicted octanol–water partition coefficient (Wildman–Crippen LogP) is 5.66. The molecule has 12 heteroatoms. The maximum absolute atomic E-state index is 15.2. The second-order valence-corrected chi connectivity index (χ2v) is 9.67. The van der Waals surface area contributed by atoms with E-state index < -0.39 is 23.0 Å². The highest BCUT2D eigenvalue weighted by atomic mass is 19.1. The van der Waals surface area contributed by atoms with Crippen LogP contribution in [0.25, 0.3) is 22.2 Å². The molecule has 10 nitrogen and oxygen atoms in total. The second-order valence-electron chi connectivity index (χ2n) is 9.67. The van der Waals surface area contributed by atoms with Crippen LogP contribution in [0.4, 0.5) is 14.5 Å². The summed E-state index contributed by atoms with van der Waals surface area (Å²) in [5.41, 5.74) is 1.47. The quantitative estimate of drug-likeness (QED) is 0.204. The van der Waals surface area contributed by atoms with Gasteiger partial charge in [0.1, 0.15) is 23.5 Å². The standard InChI is InChI=1S/C32H28F2N4O6/c1-18-28(19-5-7-20(33)8-6-19)30(39)22(17-38(18)2)31(40)36-21-9-10-25(23(34)15-21)44-26-11-12-35-24-16-27(43-14-13-41-3)32(42-4)37-29(24)26/h5-12,15-17H,13-14H2,1-4H3,(H,36,40). The van der Waals surface area contributed by atoms with Crippen LogP contribution in [0.2, 0.25) is 0 Å². The first-order chi connectivity index (χ1) is 21.2. The molecule has 5 aromatic rings. The highest BCUT2D eigenvalue weighted by molar-refractivity contribution is 6.04. The van der Waals surface area contributed by atoms with Gasteiger partial charge >= 0.3 is 0 Å². The maximum atomic E-state index is 15.2. The highest BCUT2D eigenvalue weighted by Gasteiger charge is 2.20. The number of pyridine rings is 3. The molecule has 2 aromatic carbocycles. The first kappa shape index (κ1) is 30.1. The van der Waals surface area contributed by atoms with Gasteiger partial charge in [0.2, 0.25) is 5.43 Å². The number of nitrogens with one attached hydrogen (secondary N) is 1. The lowest BCUT2D eigenvalue weighted by Gasteiger charge is -2.14. The fourth-order valence-electron chi connectivity index (χ4n) is 4.50. The number of hydrogen-bond acceptors (Lipinski definition) is 8. The lowest BCUT2D eigenvalue weighted by Crippen LogP contribution is -2.25. The van der Waals surface area contributed by atoms with Gasteiger partial charge < -0.3 is 28.8 Å². The van der Waals surface area contributed by atoms with Crippen LogP contribution in [0.3, 0.4) is 0 Å². The summed E-state index contributed by atoms with van der Waals surface area (Å²) in [7, 11) is 4.69. The number of rotatable bonds is 10. The van der Waals surface area contributed by atoms with E-state index in [2.05, 4.69) is 15.3 Å². The highest BCUT2D eigenvalue weighted by Crippen LogP contribution is 2.35. The normalized spacial score (nSPS) is 11.0. The van der Waals surface area contributed by atoms with Crippen LogP contribution in [0.5, 0.6) is 23.1 Å². The number of anilines is 1. The van der Waals surface area contributed by atoms with Crippen LogP contribution in [-0.2, 0) is 11.8 Å². The van der Waals surface area contributed by atoms with Gasteiger partial charge in [-0.05, 0) is 36.8 Å². The monoisotopic (exact) mass is 602 g/mol. The molecule has 0 radical (unpaired) electrons. The Morgan fingerprint density at radius 3 is 2.45 bits per heavy atom. The first-order valence-electron chi connectivity index (χ1n) is 13.4. The van der Waals surface area contributed by atoms with E-state index in [0.29, 0.717) is 34.6 Å². The van der Waals surface area contributed by atoms with Gasteiger partial charge in [-0.25, -0.2) is 13.8 Å². The summed E-state index contributed by atoms with van der Waals surface area (Å²) in [4.78, 5) is 35.2. The molecular formula is C32H28F2N4O6. The van der Waals surface area contributed by atoms with Crippen molar-refractivity contribution < 1.29 is 32.5 Å². The Kier molecular flexibility index (Phi) is 8.81. The third-order valence-corrected chi connectivity index (χ3v) is 6.82. The number of benzene rings is 2. The number of methoxy groups -OCH3 is 2. The molecule has 0 saturated carbocycles. The molecule has 0 aliphatic heterocycles. The van der Waals surface area contributed by atoms with E-state index in [1.54, 1.807) is 31.7 Å². The lowest BCUT2D eigenvalue weighted by atomic mass is 10.0. The molecule has 0 aliphatic carbocycles. The minimum atomic E-state index is -0.775. The number of carbonyl (C=O) groups is 1. The van der Waals surface area contributed by atoms with Crippen LogP contribution in [-0.4, -0.2) is 47.9 Å². The average Bonchev–Trinajstić information content (AvgIpc) is 3.01. The average molecular weight is 603 g/mol. The van der Waals surface area contributed by atoms with Gasteiger partial charge in [0, 0.05) is 61.7 Å². The zero-order valence-electron chi connectivity index (χ0n) is 24.3. The molecule has 1 amide bonds. The van der Waals surface area contributed by atoms with Gasteiger partial charge in [0.15, 0.2) is 23.1 Å². The SMILES string of the molecule is COCCOc1cc2nccc(Oc3ccc(NC(=O)c4cn(C)c(C)c(-c5ccc(F)cc5)c4=O)cc3F)c2nc1OC. The van der Waals surface area contributed by atoms with Crippen LogP contribution >= 0.6 is 0 Å². The van der Waals surface area contributed by atoms with Crippen molar-refractivity contribution in [2.24, 2.45) is 7.05 Å². The summed E-state index contributed by atoms with van der Waals surface area (Å²) in [5, 5.41) is 2.57. The van der Waals surface area contributed by atoms with E-state index in [-0.39, 0.29) is 40.8 Å². The van der Waals surface area contributed by atoms with Crippen molar-refractivity contribution in [3.63, 3.8) is 0 Å². The second kappa shape index (κ2) is 12.9. The smallest absolute Gasteiger partial charge is 0.261 e. The topological polar surface area (TPSA) is 114 Å². The molecule has 44 heavy (non-hydrogen) atoms. The molecule has 0 bridgehead atoms. The largest absolute Gasteiger partial charge is 0.485 e. The number of fused-ring (bicyclic) bond motifs is 1. The molecule has 226 valence electrons. The minimum Gasteiger partial charge on any atom is -0.485 e. The summed E-state index contributed by atoms with van der Waals surface area (Å²) in [5.74, 6) is -1.33. The van der Waals surface area contributed by atoms with E-state index in [9.17, 15) is 14.0 Å². The molecule has 3 aromatic heterocycles. The summed E-state index contributed by atoms with van der Waals surface area (Å²) in [6, 6.07) is 12.4. The Balaban J connectivity index is 1.39. The van der Waals surface area contributed by atoms with Crippen molar-refractivity contribution in [2.45, 2.75) is 6.92 Å². The Labute approximate surface area is 250 Å². The van der Waals surface area contributed by atoms with Crippen LogP contribution in [0, 0.1) is 18.6 Å². The van der Waals surface area contributed by atoms with Gasteiger partial charge in [-0.3, -0.25) is 14.6 Å². The zero-order valence-corrected chi connectivity index (χ0v) is 24.3. The summed E-state index contributed by atoms with van der Waals surface area (Å²) >= 11 is 0. The number of aryl methyl sites for hydroxylation is 1. The van der Waals surface area contributed by atoms with Gasteiger partial charge in [-0.1, -0.05) is 12.1 Å². The Bertz CT molecular complexity index is 1910. The van der Waals surface area contributed by atoms with Crippen LogP contribution < -0.4 is 25.0 Å². The number of aromatic nitrogens is 3. The van der Waals surface area contributed by atoms with Gasteiger partial charge in [-0.2, -0.15) is 0 Å². The van der Waals surface area contributed by atoms with Crippen molar-refractivity contribution in [1.29, 1.82) is 0 Å². The number of halogens is 2. The molecule has 0 aliphatic rings. The number of amides is 1. The van der Waals surface area contributed by atoms with Crippen molar-refractivity contribution in [2.75, 3.05) is 32.8 Å². The molecule has 0 spiro atoms. The summed E-state index contributed by atoms with van der Waals surface area (Å²) in [6.45, 7) is 2.37. The van der Waals surface area contributed by atoms with Gasteiger partial charge in [-0.15, -0.1) is 0 Å². The fourth-order valence-corrected chi connectivity index (χ4v) is 4.50. The molecule has 0 fully saturated rings. The Morgan fingerprint density at radius 2 is 1.75 bits per heavy atom. The predicted molar refractivity (Wildman–Crippen MR) is 160 cm³/mol. The maximum Gasteiger partial charge on any atom is 0.261 e. The van der Waals surface area contributed by atoms with Gasteiger partial charge in [0.25, 0.3) is 11.8 Å². The third-order valence-electron chi connectivity index (χ3n) is 6.82. The van der Waals surface area contributed by atoms with E-state index in [1.807, 2.05) is 0 Å². The molecule has 0 atom stereocenters. The van der Waals surface area contributed by atoms with E-state index in [1.165, 1.54) is 62.0 Å². The van der Waals surface area contributed by atoms with Crippen molar-refractivity contribution in [3.8, 4) is 34.3 Å². The van der Waals surface area contributed by atoms with E-state index in [4.69, 9.17) is 18.9 Å². The molecule has 0 saturated heterocycles. The van der Waals surface area contributed by atoms with Crippen molar-refractivity contribution >= 4 is 22.6 Å². The minimum absolute atomic E-state index is 0.100. The summed E-state index contributed by atoms with van der Waals surface area (Å²) in [6.07, 6.45) is 2.89. The van der Waals surface area contributed by atoms with E-state index >= 15 is 4.39 Å². The van der Waals surface area contributed by atoms with Crippen LogP contribution in [0.1, 0.15) is 16.1 Å². The Morgan fingerprint density at radius 1 is 0.977 bits per heavy atom. The number of hydrogen-bond donors (Lipinski definition) is 1. The fraction of sp³-hybridized carbons (Fsp3) is 0.188. The third kappa shape index (κ3) is 6.20. The molecule has 1 N–H and O–H groups in total. The molecule has 0 unspecified atom stereocenters. The molecule has 5 rings (SSSR count). The molecular weight excluding hydrogens is 574 g/mol. The first-order valence-corrected chi connectivity index (χ1v) is 13.4. The summed E-state index contributed by atoms with van der Waals surface area (Å²) < 4.78 is 52.2. The van der Waals surface area contributed by atoms with Crippen molar-refractivity contribution in [1.82, 2.24) is 14.5 Å². The number of carbonyl (C=O) groups excluding carboxylic acids is 1. The zero-order chi connectivity index (χ0) is 31.4. The molecule has 3 heterocycles. The number of ether oxygens (including phenoxy) is 4. The van der Waals surface area contributed by atoms with Crippen molar-refractivity contribution in [3.05, 3.63) is 100 Å². The Hall–Kier alpha value is -5.36. The van der Waals surface area contributed by atoms with Crippen LogP contribution in [0.15, 0.2) is 71.8 Å².